The van der Waals surface area contributed by atoms with E-state index in [9.17, 15) is 14.9 Å². The highest BCUT2D eigenvalue weighted by molar-refractivity contribution is 6.43. The number of benzene rings is 2. The van der Waals surface area contributed by atoms with Gasteiger partial charge >= 0.3 is 11.9 Å². The minimum absolute atomic E-state index is 0.00557. The number of allylic oxidation sites excluding steroid dienone is 1. The Morgan fingerprint density at radius 2 is 1.67 bits per heavy atom. The number of anilines is 1. The molecule has 170 valence electrons. The normalized spacial score (nSPS) is 15.9. The fraction of sp³-hybridized carbons (Fsp3) is 0.174. The van der Waals surface area contributed by atoms with E-state index in [-0.39, 0.29) is 43.4 Å². The van der Waals surface area contributed by atoms with E-state index in [0.29, 0.717) is 11.1 Å². The summed E-state index contributed by atoms with van der Waals surface area (Å²) >= 11 is 19.2. The van der Waals surface area contributed by atoms with Crippen LogP contribution in [0.2, 0.25) is 15.1 Å². The maximum atomic E-state index is 13.1. The van der Waals surface area contributed by atoms with Gasteiger partial charge < -0.3 is 15.2 Å². The molecular weight excluding hydrogens is 489 g/mol. The van der Waals surface area contributed by atoms with Crippen molar-refractivity contribution in [2.75, 3.05) is 19.1 Å². The molecule has 0 amide bonds. The molecule has 2 aromatic carbocycles. The largest absolute Gasteiger partial charge is 0.466 e. The number of halogens is 3. The van der Waals surface area contributed by atoms with E-state index in [4.69, 9.17) is 50.0 Å². The Morgan fingerprint density at radius 1 is 1.06 bits per heavy atom. The zero-order valence-electron chi connectivity index (χ0n) is 17.8. The fourth-order valence-corrected chi connectivity index (χ4v) is 4.56. The lowest BCUT2D eigenvalue weighted by molar-refractivity contribution is -0.139. The van der Waals surface area contributed by atoms with Crippen LogP contribution in [0, 0.1) is 18.3 Å². The van der Waals surface area contributed by atoms with Crippen LogP contribution in [-0.4, -0.2) is 26.2 Å². The van der Waals surface area contributed by atoms with Gasteiger partial charge in [0.05, 0.1) is 53.1 Å². The molecule has 1 aliphatic heterocycles. The van der Waals surface area contributed by atoms with Crippen molar-refractivity contribution >= 4 is 52.4 Å². The van der Waals surface area contributed by atoms with Crippen molar-refractivity contribution < 1.29 is 19.1 Å². The molecular formula is C23H18Cl3N3O4. The Hall–Kier alpha value is -3.18. The molecule has 0 spiro atoms. The SMILES string of the molecule is COC(=O)C1=C(C(=O)OC)N(c2c(Cl)cc(Cl)c(C)c2Cl)C(N)=C(C#N)C1c1ccccc1. The minimum Gasteiger partial charge on any atom is -0.466 e. The van der Waals surface area contributed by atoms with Crippen molar-refractivity contribution in [2.45, 2.75) is 12.8 Å². The summed E-state index contributed by atoms with van der Waals surface area (Å²) in [5.41, 5.74) is 7.08. The molecule has 0 fully saturated rings. The van der Waals surface area contributed by atoms with E-state index >= 15 is 0 Å². The lowest BCUT2D eigenvalue weighted by Gasteiger charge is -2.36. The van der Waals surface area contributed by atoms with Gasteiger partial charge in [-0.3, -0.25) is 4.90 Å². The van der Waals surface area contributed by atoms with Gasteiger partial charge in [0.1, 0.15) is 11.5 Å². The number of methoxy groups -OCH3 is 2. The van der Waals surface area contributed by atoms with Crippen LogP contribution in [0.1, 0.15) is 17.0 Å². The molecule has 0 aliphatic carbocycles. The van der Waals surface area contributed by atoms with Crippen LogP contribution < -0.4 is 10.6 Å². The quantitative estimate of drug-likeness (QED) is 0.591. The molecule has 1 unspecified atom stereocenters. The Bertz CT molecular complexity index is 1250. The third-order valence-electron chi connectivity index (χ3n) is 5.21. The summed E-state index contributed by atoms with van der Waals surface area (Å²) in [5, 5.41) is 10.5. The van der Waals surface area contributed by atoms with Gasteiger partial charge in [-0.1, -0.05) is 65.1 Å². The van der Waals surface area contributed by atoms with Crippen LogP contribution in [0.5, 0.6) is 0 Å². The lowest BCUT2D eigenvalue weighted by Crippen LogP contribution is -2.41. The molecule has 0 radical (unpaired) electrons. The van der Waals surface area contributed by atoms with Crippen LogP contribution in [0.4, 0.5) is 5.69 Å². The lowest BCUT2D eigenvalue weighted by atomic mass is 9.81. The molecule has 7 nitrogen and oxygen atoms in total. The summed E-state index contributed by atoms with van der Waals surface area (Å²) < 4.78 is 9.97. The second kappa shape index (κ2) is 9.75. The highest BCUT2D eigenvalue weighted by Gasteiger charge is 2.44. The first-order valence-corrected chi connectivity index (χ1v) is 10.6. The van der Waals surface area contributed by atoms with E-state index < -0.39 is 17.9 Å². The van der Waals surface area contributed by atoms with Crippen molar-refractivity contribution in [1.29, 1.82) is 5.26 Å². The first kappa shape index (κ1) is 24.5. The van der Waals surface area contributed by atoms with Gasteiger partial charge in [0.2, 0.25) is 0 Å². The van der Waals surface area contributed by atoms with Gasteiger partial charge in [0.25, 0.3) is 0 Å². The second-order valence-corrected chi connectivity index (χ2v) is 8.16. The molecule has 1 aliphatic rings. The van der Waals surface area contributed by atoms with E-state index in [1.807, 2.05) is 0 Å². The highest BCUT2D eigenvalue weighted by Crippen LogP contribution is 2.48. The van der Waals surface area contributed by atoms with Crippen LogP contribution in [0.15, 0.2) is 59.1 Å². The van der Waals surface area contributed by atoms with E-state index in [1.165, 1.54) is 6.07 Å². The first-order chi connectivity index (χ1) is 15.7. The van der Waals surface area contributed by atoms with Gasteiger partial charge in [-0.2, -0.15) is 5.26 Å². The molecule has 2 N–H and O–H groups in total. The van der Waals surface area contributed by atoms with E-state index in [2.05, 4.69) is 6.07 Å². The molecule has 33 heavy (non-hydrogen) atoms. The van der Waals surface area contributed by atoms with Gasteiger partial charge in [-0.25, -0.2) is 9.59 Å². The summed E-state index contributed by atoms with van der Waals surface area (Å²) in [6.45, 7) is 1.65. The molecule has 10 heteroatoms. The van der Waals surface area contributed by atoms with Crippen molar-refractivity contribution in [3.63, 3.8) is 0 Å². The standard InChI is InChI=1S/C23H18Cl3N3O4/c1-11-14(24)9-15(25)19(18(11)26)29-20(23(31)33-3)17(22(30)32-2)16(13(10-27)21(29)28)12-7-5-4-6-8-12/h4-9,16H,28H2,1-3H3. The van der Waals surface area contributed by atoms with Crippen LogP contribution in [0.3, 0.4) is 0 Å². The zero-order chi connectivity index (χ0) is 24.4. The number of carbonyl (C=O) groups excluding carboxylic acids is 2. The minimum atomic E-state index is -1.00. The number of nitriles is 1. The Kier molecular flexibility index (Phi) is 7.23. The summed E-state index contributed by atoms with van der Waals surface area (Å²) in [6.07, 6.45) is 0. The number of hydrogen-bond donors (Lipinski definition) is 1. The van der Waals surface area contributed by atoms with Crippen molar-refractivity contribution in [1.82, 2.24) is 0 Å². The maximum Gasteiger partial charge on any atom is 0.355 e. The smallest absolute Gasteiger partial charge is 0.355 e. The molecule has 0 saturated carbocycles. The number of nitrogens with two attached hydrogens (primary N) is 1. The molecule has 2 aromatic rings. The monoisotopic (exact) mass is 505 g/mol. The Labute approximate surface area is 205 Å². The fourth-order valence-electron chi connectivity index (χ4n) is 3.63. The summed E-state index contributed by atoms with van der Waals surface area (Å²) in [5.74, 6) is -2.91. The Morgan fingerprint density at radius 3 is 2.21 bits per heavy atom. The van der Waals surface area contributed by atoms with E-state index in [1.54, 1.807) is 37.3 Å². The molecule has 1 atom stereocenters. The van der Waals surface area contributed by atoms with Crippen molar-refractivity contribution in [3.8, 4) is 6.07 Å². The van der Waals surface area contributed by atoms with Gasteiger partial charge in [0.15, 0.2) is 0 Å². The molecule has 3 rings (SSSR count). The third-order valence-corrected chi connectivity index (χ3v) is 6.35. The average Bonchev–Trinajstić information content (AvgIpc) is 2.82. The van der Waals surface area contributed by atoms with Crippen LogP contribution >= 0.6 is 34.8 Å². The van der Waals surface area contributed by atoms with Gasteiger partial charge in [0, 0.05) is 5.02 Å². The molecule has 0 saturated heterocycles. The number of hydrogen-bond acceptors (Lipinski definition) is 7. The highest BCUT2D eigenvalue weighted by atomic mass is 35.5. The topological polar surface area (TPSA) is 106 Å². The average molecular weight is 507 g/mol. The van der Waals surface area contributed by atoms with Crippen molar-refractivity contribution in [2.24, 2.45) is 5.73 Å². The van der Waals surface area contributed by atoms with Crippen LogP contribution in [-0.2, 0) is 19.1 Å². The Balaban J connectivity index is 2.50. The zero-order valence-corrected chi connectivity index (χ0v) is 20.0. The number of rotatable bonds is 4. The number of ether oxygens (including phenoxy) is 2. The van der Waals surface area contributed by atoms with Gasteiger partial charge in [-0.15, -0.1) is 0 Å². The molecule has 0 bridgehead atoms. The molecule has 0 aromatic heterocycles. The summed E-state index contributed by atoms with van der Waals surface area (Å²) in [7, 11) is 2.31. The predicted molar refractivity (Wildman–Crippen MR) is 126 cm³/mol. The van der Waals surface area contributed by atoms with Crippen molar-refractivity contribution in [3.05, 3.63) is 85.3 Å². The second-order valence-electron chi connectivity index (χ2n) is 6.96. The summed E-state index contributed by atoms with van der Waals surface area (Å²) in [6, 6.07) is 12.1. The number of nitrogens with zero attached hydrogens (tertiary/aromatic N) is 2. The predicted octanol–water partition coefficient (Wildman–Crippen LogP) is 4.85. The van der Waals surface area contributed by atoms with Gasteiger partial charge in [-0.05, 0) is 24.1 Å². The summed E-state index contributed by atoms with van der Waals surface area (Å²) in [4.78, 5) is 27.3. The van der Waals surface area contributed by atoms with Crippen LogP contribution in [0.25, 0.3) is 0 Å². The maximum absolute atomic E-state index is 13.1. The van der Waals surface area contributed by atoms with E-state index in [0.717, 1.165) is 19.1 Å². The molecule has 1 heterocycles. The number of esters is 2. The third kappa shape index (κ3) is 4.13. The first-order valence-electron chi connectivity index (χ1n) is 9.49. The number of carbonyl (C=O) groups is 2.